The first kappa shape index (κ1) is 20.2. The van der Waals surface area contributed by atoms with E-state index in [1.807, 2.05) is 38.1 Å². The number of aromatic nitrogens is 1. The Hall–Kier alpha value is -1.81. The van der Waals surface area contributed by atoms with Crippen LogP contribution in [0.3, 0.4) is 0 Å². The van der Waals surface area contributed by atoms with Crippen molar-refractivity contribution in [2.24, 2.45) is 0 Å². The molecule has 0 saturated carbocycles. The van der Waals surface area contributed by atoms with Crippen molar-refractivity contribution in [1.82, 2.24) is 10.3 Å². The number of fused-ring (bicyclic) bond motifs is 1. The maximum absolute atomic E-state index is 11.1. The summed E-state index contributed by atoms with van der Waals surface area (Å²) in [6, 6.07) is 7.74. The zero-order valence-electron chi connectivity index (χ0n) is 14.9. The molecular formula is C19H28ClN3O. The lowest BCUT2D eigenvalue weighted by atomic mass is 10.1. The highest BCUT2D eigenvalue weighted by molar-refractivity contribution is 6.31. The number of anilines is 1. The van der Waals surface area contributed by atoms with Gasteiger partial charge in [-0.1, -0.05) is 38.3 Å². The maximum Gasteiger partial charge on any atom is 0.219 e. The van der Waals surface area contributed by atoms with E-state index in [2.05, 4.69) is 15.6 Å². The summed E-state index contributed by atoms with van der Waals surface area (Å²) in [4.78, 5) is 15.4. The number of rotatable bonds is 8. The van der Waals surface area contributed by atoms with Crippen molar-refractivity contribution in [2.45, 2.75) is 46.0 Å². The van der Waals surface area contributed by atoms with Gasteiger partial charge in [0.2, 0.25) is 5.91 Å². The minimum atomic E-state index is 0.125. The largest absolute Gasteiger partial charge is 0.384 e. The Bertz CT molecular complexity index is 631. The first-order valence-electron chi connectivity index (χ1n) is 8.69. The molecule has 0 spiro atoms. The number of carbonyl (C=O) groups excluding carboxylic acids is 1. The summed E-state index contributed by atoms with van der Waals surface area (Å²) >= 11 is 5.99. The fourth-order valence-electron chi connectivity index (χ4n) is 2.39. The monoisotopic (exact) mass is 349 g/mol. The van der Waals surface area contributed by atoms with Crippen LogP contribution in [-0.4, -0.2) is 24.5 Å². The second kappa shape index (κ2) is 11.7. The summed E-state index contributed by atoms with van der Waals surface area (Å²) in [5.74, 6) is 0.125. The quantitative estimate of drug-likeness (QED) is 0.657. The minimum absolute atomic E-state index is 0.125. The fourth-order valence-corrected chi connectivity index (χ4v) is 2.55. The molecule has 0 saturated heterocycles. The van der Waals surface area contributed by atoms with Crippen molar-refractivity contribution in [3.8, 4) is 0 Å². The van der Waals surface area contributed by atoms with Crippen LogP contribution in [0.25, 0.3) is 10.9 Å². The van der Waals surface area contributed by atoms with Crippen LogP contribution in [0.1, 0.15) is 46.0 Å². The lowest BCUT2D eigenvalue weighted by Gasteiger charge is -2.09. The second-order valence-corrected chi connectivity index (χ2v) is 5.72. The first-order valence-corrected chi connectivity index (χ1v) is 9.07. The van der Waals surface area contributed by atoms with E-state index in [1.54, 1.807) is 13.2 Å². The molecule has 5 heteroatoms. The van der Waals surface area contributed by atoms with E-state index >= 15 is 0 Å². The molecule has 4 nitrogen and oxygen atoms in total. The zero-order valence-corrected chi connectivity index (χ0v) is 15.6. The number of benzene rings is 1. The number of nitrogens with zero attached hydrogens (tertiary/aromatic N) is 1. The predicted octanol–water partition coefficient (Wildman–Crippen LogP) is 5.02. The molecule has 1 aromatic heterocycles. The molecule has 2 N–H and O–H groups in total. The number of hydrogen-bond donors (Lipinski definition) is 2. The van der Waals surface area contributed by atoms with Gasteiger partial charge in [0, 0.05) is 42.3 Å². The average Bonchev–Trinajstić information content (AvgIpc) is 2.62. The lowest BCUT2D eigenvalue weighted by Crippen LogP contribution is -2.16. The van der Waals surface area contributed by atoms with Gasteiger partial charge in [-0.25, -0.2) is 0 Å². The van der Waals surface area contributed by atoms with Crippen molar-refractivity contribution in [3.63, 3.8) is 0 Å². The minimum Gasteiger partial charge on any atom is -0.384 e. The SMILES string of the molecule is CC.CNC(=O)CCCCCCNc1ccnc2cc(Cl)ccc12. The normalized spacial score (nSPS) is 10.0. The Morgan fingerprint density at radius 3 is 2.62 bits per heavy atom. The molecule has 24 heavy (non-hydrogen) atoms. The van der Waals surface area contributed by atoms with Crippen LogP contribution in [-0.2, 0) is 4.79 Å². The number of carbonyl (C=O) groups is 1. The van der Waals surface area contributed by atoms with Gasteiger partial charge < -0.3 is 10.6 Å². The number of pyridine rings is 1. The molecular weight excluding hydrogens is 322 g/mol. The molecule has 0 aliphatic rings. The molecule has 2 aromatic rings. The van der Waals surface area contributed by atoms with Crippen molar-refractivity contribution in [3.05, 3.63) is 35.5 Å². The fraction of sp³-hybridized carbons (Fsp3) is 0.474. The number of nitrogens with one attached hydrogen (secondary N) is 2. The Morgan fingerprint density at radius 2 is 1.88 bits per heavy atom. The van der Waals surface area contributed by atoms with E-state index in [0.717, 1.165) is 48.8 Å². The van der Waals surface area contributed by atoms with Gasteiger partial charge in [0.15, 0.2) is 0 Å². The molecule has 0 fully saturated rings. The van der Waals surface area contributed by atoms with Crippen molar-refractivity contribution in [1.29, 1.82) is 0 Å². The van der Waals surface area contributed by atoms with Gasteiger partial charge in [-0.2, -0.15) is 0 Å². The van der Waals surface area contributed by atoms with E-state index in [9.17, 15) is 4.79 Å². The van der Waals surface area contributed by atoms with E-state index in [4.69, 9.17) is 11.6 Å². The summed E-state index contributed by atoms with van der Waals surface area (Å²) in [5.41, 5.74) is 2.00. The van der Waals surface area contributed by atoms with Crippen LogP contribution in [0.4, 0.5) is 5.69 Å². The second-order valence-electron chi connectivity index (χ2n) is 5.28. The maximum atomic E-state index is 11.1. The number of unbranched alkanes of at least 4 members (excludes halogenated alkanes) is 3. The van der Waals surface area contributed by atoms with Gasteiger partial charge in [-0.15, -0.1) is 0 Å². The molecule has 1 aromatic carbocycles. The Morgan fingerprint density at radius 1 is 1.12 bits per heavy atom. The molecule has 0 atom stereocenters. The zero-order chi connectivity index (χ0) is 17.8. The predicted molar refractivity (Wildman–Crippen MR) is 104 cm³/mol. The summed E-state index contributed by atoms with van der Waals surface area (Å²) in [5, 5.41) is 7.89. The highest BCUT2D eigenvalue weighted by Crippen LogP contribution is 2.24. The molecule has 0 unspecified atom stereocenters. The average molecular weight is 350 g/mol. The van der Waals surface area contributed by atoms with Crippen molar-refractivity contribution in [2.75, 3.05) is 18.9 Å². The van der Waals surface area contributed by atoms with Gasteiger partial charge in [-0.3, -0.25) is 9.78 Å². The van der Waals surface area contributed by atoms with Crippen LogP contribution in [0, 0.1) is 0 Å². The van der Waals surface area contributed by atoms with Gasteiger partial charge in [0.05, 0.1) is 5.52 Å². The molecule has 2 rings (SSSR count). The third kappa shape index (κ3) is 6.75. The van der Waals surface area contributed by atoms with Crippen LogP contribution >= 0.6 is 11.6 Å². The molecule has 1 heterocycles. The van der Waals surface area contributed by atoms with Gasteiger partial charge in [0.1, 0.15) is 0 Å². The first-order chi connectivity index (χ1) is 11.7. The van der Waals surface area contributed by atoms with Crippen molar-refractivity contribution >= 4 is 34.1 Å². The van der Waals surface area contributed by atoms with Crippen molar-refractivity contribution < 1.29 is 4.79 Å². The highest BCUT2D eigenvalue weighted by Gasteiger charge is 2.02. The standard InChI is InChI=1S/C17H22ClN3O.C2H6/c1-19-17(22)6-4-2-3-5-10-20-15-9-11-21-16-12-13(18)7-8-14(15)16;1-2/h7-9,11-12H,2-6,10H2,1H3,(H,19,22)(H,20,21);1-2H3. The van der Waals surface area contributed by atoms with E-state index < -0.39 is 0 Å². The summed E-state index contributed by atoms with van der Waals surface area (Å²) in [6.07, 6.45) is 6.67. The molecule has 0 radical (unpaired) electrons. The van der Waals surface area contributed by atoms with Crippen LogP contribution in [0.5, 0.6) is 0 Å². The molecule has 0 bridgehead atoms. The van der Waals surface area contributed by atoms with Gasteiger partial charge in [0.25, 0.3) is 0 Å². The van der Waals surface area contributed by atoms with Crippen LogP contribution in [0.2, 0.25) is 5.02 Å². The molecule has 0 aliphatic heterocycles. The summed E-state index contributed by atoms with van der Waals surface area (Å²) < 4.78 is 0. The Labute approximate surface area is 150 Å². The number of halogens is 1. The lowest BCUT2D eigenvalue weighted by molar-refractivity contribution is -0.120. The van der Waals surface area contributed by atoms with E-state index in [0.29, 0.717) is 11.4 Å². The Balaban J connectivity index is 0.00000139. The summed E-state index contributed by atoms with van der Waals surface area (Å²) in [6.45, 7) is 4.92. The van der Waals surface area contributed by atoms with Crippen LogP contribution in [0.15, 0.2) is 30.5 Å². The third-order valence-electron chi connectivity index (χ3n) is 3.63. The van der Waals surface area contributed by atoms with Gasteiger partial charge in [-0.05, 0) is 37.1 Å². The number of hydrogen-bond acceptors (Lipinski definition) is 3. The molecule has 132 valence electrons. The van der Waals surface area contributed by atoms with Gasteiger partial charge >= 0.3 is 0 Å². The highest BCUT2D eigenvalue weighted by atomic mass is 35.5. The summed E-state index contributed by atoms with van der Waals surface area (Å²) in [7, 11) is 1.68. The molecule has 1 amide bonds. The smallest absolute Gasteiger partial charge is 0.219 e. The molecule has 0 aliphatic carbocycles. The third-order valence-corrected chi connectivity index (χ3v) is 3.86. The number of amides is 1. The Kier molecular flexibility index (Phi) is 9.85. The van der Waals surface area contributed by atoms with Crippen LogP contribution < -0.4 is 10.6 Å². The van der Waals surface area contributed by atoms with E-state index in [1.165, 1.54) is 0 Å². The van der Waals surface area contributed by atoms with E-state index in [-0.39, 0.29) is 5.91 Å². The topological polar surface area (TPSA) is 54.0 Å².